The average molecular weight is 372 g/mol. The summed E-state index contributed by atoms with van der Waals surface area (Å²) in [6.07, 6.45) is 0.312. The molecule has 0 unspecified atom stereocenters. The SMILES string of the molecule is O=C(COC(=O)c1cccc(N2C(=O)CCC2=O)c1)c1ccc(Cl)cc1. The van der Waals surface area contributed by atoms with Crippen LogP contribution in [0.4, 0.5) is 5.69 Å². The number of benzene rings is 2. The first-order valence-electron chi connectivity index (χ1n) is 7.87. The summed E-state index contributed by atoms with van der Waals surface area (Å²) in [5, 5.41) is 0.501. The van der Waals surface area contributed by atoms with Gasteiger partial charge < -0.3 is 4.74 Å². The van der Waals surface area contributed by atoms with Gasteiger partial charge in [0.2, 0.25) is 11.8 Å². The maximum absolute atomic E-state index is 12.2. The Bertz CT molecular complexity index is 875. The minimum Gasteiger partial charge on any atom is -0.454 e. The number of carbonyl (C=O) groups excluding carboxylic acids is 4. The Morgan fingerprint density at radius 3 is 2.27 bits per heavy atom. The summed E-state index contributed by atoms with van der Waals surface area (Å²) < 4.78 is 5.04. The Hall–Kier alpha value is -2.99. The second-order valence-corrected chi connectivity index (χ2v) is 6.12. The van der Waals surface area contributed by atoms with Crippen molar-refractivity contribution in [1.29, 1.82) is 0 Å². The molecule has 0 bridgehead atoms. The van der Waals surface area contributed by atoms with Gasteiger partial charge in [-0.1, -0.05) is 17.7 Å². The fraction of sp³-hybridized carbons (Fsp3) is 0.158. The van der Waals surface area contributed by atoms with Crippen molar-refractivity contribution in [3.63, 3.8) is 0 Å². The smallest absolute Gasteiger partial charge is 0.338 e. The van der Waals surface area contributed by atoms with E-state index in [4.69, 9.17) is 16.3 Å². The summed E-state index contributed by atoms with van der Waals surface area (Å²) in [6.45, 7) is -0.424. The van der Waals surface area contributed by atoms with Crippen LogP contribution in [0.5, 0.6) is 0 Å². The molecule has 0 N–H and O–H groups in total. The monoisotopic (exact) mass is 371 g/mol. The number of halogens is 1. The van der Waals surface area contributed by atoms with Crippen LogP contribution in [0.1, 0.15) is 33.6 Å². The topological polar surface area (TPSA) is 80.8 Å². The van der Waals surface area contributed by atoms with E-state index < -0.39 is 12.6 Å². The standard InChI is InChI=1S/C19H14ClNO5/c20-14-6-4-12(5-7-14)16(22)11-26-19(25)13-2-1-3-15(10-13)21-17(23)8-9-18(21)24/h1-7,10H,8-9,11H2. The third-order valence-corrected chi connectivity index (χ3v) is 4.14. The molecule has 26 heavy (non-hydrogen) atoms. The molecule has 2 aromatic carbocycles. The third kappa shape index (κ3) is 3.81. The zero-order valence-corrected chi connectivity index (χ0v) is 14.4. The lowest BCUT2D eigenvalue weighted by Crippen LogP contribution is -2.28. The van der Waals surface area contributed by atoms with E-state index in [0.29, 0.717) is 16.3 Å². The molecule has 2 amide bonds. The minimum absolute atomic E-state index is 0.152. The lowest BCUT2D eigenvalue weighted by atomic mass is 10.1. The number of anilines is 1. The average Bonchev–Trinajstić information content (AvgIpc) is 2.98. The number of nitrogens with zero attached hydrogens (tertiary/aromatic N) is 1. The molecule has 0 spiro atoms. The summed E-state index contributed by atoms with van der Waals surface area (Å²) >= 11 is 5.76. The molecule has 7 heteroatoms. The summed E-state index contributed by atoms with van der Waals surface area (Å²) in [4.78, 5) is 48.9. The maximum Gasteiger partial charge on any atom is 0.338 e. The predicted molar refractivity (Wildman–Crippen MR) is 94.2 cm³/mol. The largest absolute Gasteiger partial charge is 0.454 e. The highest BCUT2D eigenvalue weighted by Gasteiger charge is 2.30. The Morgan fingerprint density at radius 1 is 0.962 bits per heavy atom. The van der Waals surface area contributed by atoms with E-state index in [9.17, 15) is 19.2 Å². The van der Waals surface area contributed by atoms with Gasteiger partial charge >= 0.3 is 5.97 Å². The van der Waals surface area contributed by atoms with Crippen molar-refractivity contribution < 1.29 is 23.9 Å². The molecular formula is C19H14ClNO5. The Kier molecular flexibility index (Phi) is 5.14. The van der Waals surface area contributed by atoms with Crippen LogP contribution in [0.25, 0.3) is 0 Å². The van der Waals surface area contributed by atoms with E-state index in [1.54, 1.807) is 36.4 Å². The number of esters is 1. The summed E-state index contributed by atoms with van der Waals surface area (Å²) in [7, 11) is 0. The van der Waals surface area contributed by atoms with Crippen LogP contribution in [0.15, 0.2) is 48.5 Å². The summed E-state index contributed by atoms with van der Waals surface area (Å²) in [5.74, 6) is -1.69. The third-order valence-electron chi connectivity index (χ3n) is 3.89. The van der Waals surface area contributed by atoms with Gasteiger partial charge in [-0.15, -0.1) is 0 Å². The van der Waals surface area contributed by atoms with Gasteiger partial charge in [0.15, 0.2) is 12.4 Å². The van der Waals surface area contributed by atoms with E-state index in [1.165, 1.54) is 12.1 Å². The van der Waals surface area contributed by atoms with E-state index >= 15 is 0 Å². The molecule has 0 atom stereocenters. The summed E-state index contributed by atoms with van der Waals surface area (Å²) in [6, 6.07) is 12.2. The molecular weight excluding hydrogens is 358 g/mol. The van der Waals surface area contributed by atoms with Gasteiger partial charge in [-0.05, 0) is 42.5 Å². The molecule has 1 saturated heterocycles. The lowest BCUT2D eigenvalue weighted by Gasteiger charge is -2.14. The molecule has 1 aliphatic heterocycles. The maximum atomic E-state index is 12.2. The number of imide groups is 1. The van der Waals surface area contributed by atoms with Crippen molar-refractivity contribution in [2.45, 2.75) is 12.8 Å². The van der Waals surface area contributed by atoms with Gasteiger partial charge in [-0.25, -0.2) is 4.79 Å². The molecule has 6 nitrogen and oxygen atoms in total. The van der Waals surface area contributed by atoms with Gasteiger partial charge in [0, 0.05) is 23.4 Å². The van der Waals surface area contributed by atoms with E-state index in [1.807, 2.05) is 0 Å². The molecule has 0 aliphatic carbocycles. The van der Waals surface area contributed by atoms with Crippen LogP contribution in [-0.2, 0) is 14.3 Å². The molecule has 0 saturated carbocycles. The lowest BCUT2D eigenvalue weighted by molar-refractivity contribution is -0.121. The van der Waals surface area contributed by atoms with Gasteiger partial charge in [0.05, 0.1) is 11.3 Å². The highest BCUT2D eigenvalue weighted by Crippen LogP contribution is 2.23. The normalized spacial score (nSPS) is 13.8. The number of hydrogen-bond acceptors (Lipinski definition) is 5. The molecule has 1 heterocycles. The first-order valence-corrected chi connectivity index (χ1v) is 8.25. The van der Waals surface area contributed by atoms with Crippen LogP contribution in [0.2, 0.25) is 5.02 Å². The van der Waals surface area contributed by atoms with Crippen molar-refractivity contribution in [2.75, 3.05) is 11.5 Å². The zero-order chi connectivity index (χ0) is 18.7. The first kappa shape index (κ1) is 17.8. The van der Waals surface area contributed by atoms with Crippen molar-refractivity contribution in [2.24, 2.45) is 0 Å². The number of hydrogen-bond donors (Lipinski definition) is 0. The summed E-state index contributed by atoms with van der Waals surface area (Å²) in [5.41, 5.74) is 0.846. The zero-order valence-electron chi connectivity index (χ0n) is 13.6. The van der Waals surface area contributed by atoms with Crippen LogP contribution in [-0.4, -0.2) is 30.2 Å². The molecule has 3 rings (SSSR count). The number of carbonyl (C=O) groups is 4. The van der Waals surface area contributed by atoms with Crippen molar-refractivity contribution in [1.82, 2.24) is 0 Å². The Morgan fingerprint density at radius 2 is 1.62 bits per heavy atom. The minimum atomic E-state index is -0.715. The van der Waals surface area contributed by atoms with Crippen LogP contribution >= 0.6 is 11.6 Å². The second-order valence-electron chi connectivity index (χ2n) is 5.68. The fourth-order valence-corrected chi connectivity index (χ4v) is 2.70. The highest BCUT2D eigenvalue weighted by atomic mass is 35.5. The predicted octanol–water partition coefficient (Wildman–Crippen LogP) is 3.03. The van der Waals surface area contributed by atoms with Gasteiger partial charge in [0.25, 0.3) is 0 Å². The molecule has 0 radical (unpaired) electrons. The Labute approximate surface area is 154 Å². The van der Waals surface area contributed by atoms with Crippen LogP contribution in [0.3, 0.4) is 0 Å². The number of amides is 2. The van der Waals surface area contributed by atoms with Gasteiger partial charge in [0.1, 0.15) is 0 Å². The number of ketones is 1. The van der Waals surface area contributed by atoms with Crippen LogP contribution < -0.4 is 4.90 Å². The molecule has 2 aromatic rings. The molecule has 1 fully saturated rings. The highest BCUT2D eigenvalue weighted by molar-refractivity contribution is 6.30. The fourth-order valence-electron chi connectivity index (χ4n) is 2.57. The van der Waals surface area contributed by atoms with E-state index in [2.05, 4.69) is 0 Å². The number of Topliss-reactive ketones (excluding diaryl/α,β-unsaturated/α-hetero) is 1. The second kappa shape index (κ2) is 7.49. The van der Waals surface area contributed by atoms with Crippen molar-refractivity contribution in [3.8, 4) is 0 Å². The van der Waals surface area contributed by atoms with E-state index in [-0.39, 0.29) is 36.0 Å². The molecule has 132 valence electrons. The van der Waals surface area contributed by atoms with Gasteiger partial charge in [-0.2, -0.15) is 0 Å². The van der Waals surface area contributed by atoms with Crippen molar-refractivity contribution >= 4 is 40.9 Å². The molecule has 1 aliphatic rings. The quantitative estimate of drug-likeness (QED) is 0.458. The first-order chi connectivity index (χ1) is 12.5. The van der Waals surface area contributed by atoms with Gasteiger partial charge in [-0.3, -0.25) is 19.3 Å². The van der Waals surface area contributed by atoms with E-state index in [0.717, 1.165) is 4.90 Å². The van der Waals surface area contributed by atoms with Crippen molar-refractivity contribution in [3.05, 3.63) is 64.7 Å². The van der Waals surface area contributed by atoms with Crippen LogP contribution in [0, 0.1) is 0 Å². The number of ether oxygens (including phenoxy) is 1. The molecule has 0 aromatic heterocycles. The Balaban J connectivity index is 1.67. The number of rotatable bonds is 5.